The number of hydrogen-bond donors (Lipinski definition) is 0. The number of sulfone groups is 1. The summed E-state index contributed by atoms with van der Waals surface area (Å²) in [5, 5.41) is 0. The molecule has 0 aromatic heterocycles. The molecule has 4 rings (SSSR count). The van der Waals surface area contributed by atoms with Gasteiger partial charge in [0.05, 0.1) is 30.1 Å². The van der Waals surface area contributed by atoms with Crippen LogP contribution in [-0.4, -0.2) is 42.9 Å². The van der Waals surface area contributed by atoms with Gasteiger partial charge in [0.2, 0.25) is 0 Å². The van der Waals surface area contributed by atoms with Gasteiger partial charge in [-0.1, -0.05) is 28.1 Å². The fourth-order valence-electron chi connectivity index (χ4n) is 4.19. The van der Waals surface area contributed by atoms with Gasteiger partial charge in [0.15, 0.2) is 9.84 Å². The summed E-state index contributed by atoms with van der Waals surface area (Å²) in [4.78, 5) is 16.3. The number of anilines is 1. The molecule has 0 spiro atoms. The second-order valence-electron chi connectivity index (χ2n) is 7.57. The van der Waals surface area contributed by atoms with Gasteiger partial charge in [-0.15, -0.1) is 0 Å². The summed E-state index contributed by atoms with van der Waals surface area (Å²) >= 11 is 3.23. The van der Waals surface area contributed by atoms with E-state index in [1.165, 1.54) is 11.0 Å². The Kier molecular flexibility index (Phi) is 4.74. The van der Waals surface area contributed by atoms with Gasteiger partial charge in [0.1, 0.15) is 5.82 Å². The Hall–Kier alpha value is -1.93. The minimum Gasteiger partial charge on any atom is -0.314 e. The van der Waals surface area contributed by atoms with Crippen LogP contribution in [0, 0.1) is 19.7 Å². The number of amides is 2. The first-order chi connectivity index (χ1) is 13.1. The highest BCUT2D eigenvalue weighted by Crippen LogP contribution is 2.37. The number of aryl methyl sites for hydroxylation is 2. The number of fused-ring (bicyclic) bond motifs is 1. The Morgan fingerprint density at radius 2 is 1.71 bits per heavy atom. The van der Waals surface area contributed by atoms with Crippen LogP contribution in [-0.2, 0) is 16.4 Å². The maximum atomic E-state index is 14.4. The van der Waals surface area contributed by atoms with Crippen molar-refractivity contribution in [2.75, 3.05) is 16.4 Å². The first kappa shape index (κ1) is 19.4. The zero-order valence-electron chi connectivity index (χ0n) is 15.5. The normalized spacial score (nSPS) is 23.4. The van der Waals surface area contributed by atoms with Gasteiger partial charge in [-0.05, 0) is 49.2 Å². The molecule has 2 saturated heterocycles. The number of rotatable bonds is 3. The molecule has 0 saturated carbocycles. The number of nitrogens with zero attached hydrogens (tertiary/aromatic N) is 2. The SMILES string of the molecule is Cc1cc(C)cc(N2C(=O)N(Cc3ccc(Br)cc3F)[C@H]3CS(=O)(=O)C[C@H]32)c1. The standard InChI is InChI=1S/C20H20BrFN2O3S/c1-12-5-13(2)7-16(6-12)24-19-11-28(26,27)10-18(19)23(20(24)25)9-14-3-4-15(21)8-17(14)22/h3-8,18-19H,9-11H2,1-2H3/t18-,19+/m0/s1. The molecule has 8 heteroatoms. The highest BCUT2D eigenvalue weighted by molar-refractivity contribution is 9.10. The van der Waals surface area contributed by atoms with Crippen molar-refractivity contribution in [2.24, 2.45) is 0 Å². The quantitative estimate of drug-likeness (QED) is 0.646. The minimum absolute atomic E-state index is 0.0376. The maximum Gasteiger partial charge on any atom is 0.325 e. The van der Waals surface area contributed by atoms with E-state index in [0.717, 1.165) is 11.1 Å². The average molecular weight is 467 g/mol. The van der Waals surface area contributed by atoms with E-state index in [9.17, 15) is 17.6 Å². The van der Waals surface area contributed by atoms with Crippen molar-refractivity contribution in [1.82, 2.24) is 4.90 Å². The van der Waals surface area contributed by atoms with Crippen molar-refractivity contribution >= 4 is 37.5 Å². The lowest BCUT2D eigenvalue weighted by Crippen LogP contribution is -2.37. The van der Waals surface area contributed by atoms with E-state index in [1.807, 2.05) is 32.0 Å². The number of halogens is 2. The maximum absolute atomic E-state index is 14.4. The highest BCUT2D eigenvalue weighted by Gasteiger charge is 2.53. The fourth-order valence-corrected chi connectivity index (χ4v) is 6.47. The largest absolute Gasteiger partial charge is 0.325 e. The Morgan fingerprint density at radius 3 is 2.36 bits per heavy atom. The van der Waals surface area contributed by atoms with Crippen molar-refractivity contribution in [3.05, 3.63) is 63.4 Å². The van der Waals surface area contributed by atoms with E-state index in [4.69, 9.17) is 0 Å². The van der Waals surface area contributed by atoms with Crippen LogP contribution in [0.4, 0.5) is 14.9 Å². The van der Waals surface area contributed by atoms with Gasteiger partial charge in [0, 0.05) is 15.7 Å². The molecule has 2 amide bonds. The predicted octanol–water partition coefficient (Wildman–Crippen LogP) is 3.81. The van der Waals surface area contributed by atoms with Gasteiger partial charge in [-0.25, -0.2) is 17.6 Å². The van der Waals surface area contributed by atoms with E-state index in [-0.39, 0.29) is 24.1 Å². The molecular weight excluding hydrogens is 447 g/mol. The smallest absolute Gasteiger partial charge is 0.314 e. The highest BCUT2D eigenvalue weighted by atomic mass is 79.9. The van der Waals surface area contributed by atoms with Crippen LogP contribution in [0.3, 0.4) is 0 Å². The first-order valence-corrected chi connectivity index (χ1v) is 11.6. The van der Waals surface area contributed by atoms with E-state index in [1.54, 1.807) is 17.0 Å². The van der Waals surface area contributed by atoms with Crippen molar-refractivity contribution in [3.8, 4) is 0 Å². The number of urea groups is 1. The van der Waals surface area contributed by atoms with Gasteiger partial charge in [0.25, 0.3) is 0 Å². The van der Waals surface area contributed by atoms with Crippen LogP contribution in [0.15, 0.2) is 40.9 Å². The molecule has 2 aromatic carbocycles. The zero-order chi connectivity index (χ0) is 20.2. The Morgan fingerprint density at radius 1 is 1.07 bits per heavy atom. The molecule has 0 N–H and O–H groups in total. The Labute approximate surface area is 172 Å². The van der Waals surface area contributed by atoms with Crippen molar-refractivity contribution in [1.29, 1.82) is 0 Å². The molecule has 0 radical (unpaired) electrons. The second kappa shape index (κ2) is 6.84. The summed E-state index contributed by atoms with van der Waals surface area (Å²) in [6.45, 7) is 3.92. The van der Waals surface area contributed by atoms with Crippen molar-refractivity contribution in [3.63, 3.8) is 0 Å². The molecule has 5 nitrogen and oxygen atoms in total. The third-order valence-electron chi connectivity index (χ3n) is 5.32. The van der Waals surface area contributed by atoms with Gasteiger partial charge in [-0.3, -0.25) is 4.90 Å². The first-order valence-electron chi connectivity index (χ1n) is 8.97. The number of hydrogen-bond acceptors (Lipinski definition) is 3. The summed E-state index contributed by atoms with van der Waals surface area (Å²) in [5.41, 5.74) is 3.05. The molecule has 2 aromatic rings. The van der Waals surface area contributed by atoms with Crippen molar-refractivity contribution in [2.45, 2.75) is 32.5 Å². The summed E-state index contributed by atoms with van der Waals surface area (Å²) in [6, 6.07) is 9.22. The third kappa shape index (κ3) is 3.43. The molecule has 2 aliphatic rings. The summed E-state index contributed by atoms with van der Waals surface area (Å²) < 4.78 is 39.6. The Balaban J connectivity index is 1.74. The summed E-state index contributed by atoms with van der Waals surface area (Å²) in [6.07, 6.45) is 0. The summed E-state index contributed by atoms with van der Waals surface area (Å²) in [5.74, 6) is -0.595. The lowest BCUT2D eigenvalue weighted by atomic mass is 10.1. The van der Waals surface area contributed by atoms with Crippen molar-refractivity contribution < 1.29 is 17.6 Å². The molecule has 0 aliphatic carbocycles. The molecule has 0 unspecified atom stereocenters. The molecule has 148 valence electrons. The van der Waals surface area contributed by atoms with Gasteiger partial charge < -0.3 is 4.90 Å². The minimum atomic E-state index is -3.27. The van der Waals surface area contributed by atoms with Gasteiger partial charge >= 0.3 is 6.03 Å². The fraction of sp³-hybridized carbons (Fsp3) is 0.350. The monoisotopic (exact) mass is 466 g/mol. The second-order valence-corrected chi connectivity index (χ2v) is 10.6. The van der Waals surface area contributed by atoms with E-state index in [2.05, 4.69) is 15.9 Å². The number of carbonyl (C=O) groups excluding carboxylic acids is 1. The molecule has 28 heavy (non-hydrogen) atoms. The summed E-state index contributed by atoms with van der Waals surface area (Å²) in [7, 11) is -3.27. The average Bonchev–Trinajstić information content (AvgIpc) is 2.99. The third-order valence-corrected chi connectivity index (χ3v) is 7.51. The van der Waals surface area contributed by atoms with Crippen LogP contribution < -0.4 is 4.90 Å². The van der Waals surface area contributed by atoms with Crippen LogP contribution in [0.5, 0.6) is 0 Å². The predicted molar refractivity (Wildman–Crippen MR) is 110 cm³/mol. The van der Waals surface area contributed by atoms with E-state index in [0.29, 0.717) is 15.7 Å². The number of benzene rings is 2. The molecule has 2 aliphatic heterocycles. The molecular formula is C20H20BrFN2O3S. The van der Waals surface area contributed by atoms with Crippen LogP contribution in [0.1, 0.15) is 16.7 Å². The molecule has 2 heterocycles. The van der Waals surface area contributed by atoms with Crippen LogP contribution in [0.25, 0.3) is 0 Å². The lowest BCUT2D eigenvalue weighted by molar-refractivity contribution is 0.205. The van der Waals surface area contributed by atoms with E-state index < -0.39 is 27.7 Å². The number of carbonyl (C=O) groups is 1. The molecule has 2 atom stereocenters. The molecule has 2 fully saturated rings. The lowest BCUT2D eigenvalue weighted by Gasteiger charge is -2.23. The molecule has 0 bridgehead atoms. The van der Waals surface area contributed by atoms with Crippen LogP contribution >= 0.6 is 15.9 Å². The zero-order valence-corrected chi connectivity index (χ0v) is 17.9. The van der Waals surface area contributed by atoms with E-state index >= 15 is 0 Å². The topological polar surface area (TPSA) is 57.7 Å². The Bertz CT molecular complexity index is 1050. The van der Waals surface area contributed by atoms with Crippen LogP contribution in [0.2, 0.25) is 0 Å². The van der Waals surface area contributed by atoms with Gasteiger partial charge in [-0.2, -0.15) is 0 Å².